The van der Waals surface area contributed by atoms with Crippen molar-refractivity contribution >= 4 is 40.7 Å². The molecule has 0 saturated carbocycles. The van der Waals surface area contributed by atoms with Crippen molar-refractivity contribution in [3.8, 4) is 5.75 Å². The first-order chi connectivity index (χ1) is 11.6. The van der Waals surface area contributed by atoms with Crippen LogP contribution < -0.4 is 5.32 Å². The second-order valence-corrected chi connectivity index (χ2v) is 7.15. The number of aromatic hydroxyl groups is 1. The average molecular weight is 376 g/mol. The van der Waals surface area contributed by atoms with Crippen LogP contribution in [0.3, 0.4) is 0 Å². The van der Waals surface area contributed by atoms with Crippen LogP contribution in [0, 0.1) is 0 Å². The lowest BCUT2D eigenvalue weighted by molar-refractivity contribution is 0.475. The van der Waals surface area contributed by atoms with Crippen molar-refractivity contribution in [2.75, 3.05) is 5.32 Å². The predicted octanol–water partition coefficient (Wildman–Crippen LogP) is 6.46. The van der Waals surface area contributed by atoms with Crippen molar-refractivity contribution in [2.45, 2.75) is 16.3 Å². The van der Waals surface area contributed by atoms with Gasteiger partial charge in [0.05, 0.1) is 5.02 Å². The number of phenols is 1. The maximum Gasteiger partial charge on any atom is 0.134 e. The van der Waals surface area contributed by atoms with E-state index in [0.717, 1.165) is 20.5 Å². The van der Waals surface area contributed by atoms with Crippen LogP contribution >= 0.6 is 35.0 Å². The van der Waals surface area contributed by atoms with Crippen molar-refractivity contribution < 1.29 is 5.11 Å². The molecule has 0 aromatic heterocycles. The Morgan fingerprint density at radius 3 is 2.54 bits per heavy atom. The van der Waals surface area contributed by atoms with Gasteiger partial charge in [-0.1, -0.05) is 59.2 Å². The van der Waals surface area contributed by atoms with Crippen molar-refractivity contribution in [2.24, 2.45) is 0 Å². The summed E-state index contributed by atoms with van der Waals surface area (Å²) in [7, 11) is 0. The van der Waals surface area contributed by atoms with E-state index in [2.05, 4.69) is 17.4 Å². The zero-order chi connectivity index (χ0) is 16.9. The molecule has 0 radical (unpaired) electrons. The number of benzene rings is 3. The van der Waals surface area contributed by atoms with E-state index in [1.807, 2.05) is 36.4 Å². The zero-order valence-corrected chi connectivity index (χ0v) is 15.0. The molecule has 0 unspecified atom stereocenters. The number of rotatable bonds is 5. The summed E-state index contributed by atoms with van der Waals surface area (Å²) in [6.45, 7) is 0.658. The van der Waals surface area contributed by atoms with E-state index >= 15 is 0 Å². The monoisotopic (exact) mass is 375 g/mol. The number of halogens is 2. The first-order valence-corrected chi connectivity index (χ1v) is 8.93. The fourth-order valence-corrected chi connectivity index (χ4v) is 3.66. The van der Waals surface area contributed by atoms with Gasteiger partial charge >= 0.3 is 0 Å². The summed E-state index contributed by atoms with van der Waals surface area (Å²) in [5, 5.41) is 13.9. The van der Waals surface area contributed by atoms with Gasteiger partial charge in [0.25, 0.3) is 0 Å². The van der Waals surface area contributed by atoms with E-state index in [1.54, 1.807) is 30.0 Å². The third-order valence-corrected chi connectivity index (χ3v) is 5.07. The highest BCUT2D eigenvalue weighted by Gasteiger charge is 2.06. The summed E-state index contributed by atoms with van der Waals surface area (Å²) in [6.07, 6.45) is 0. The van der Waals surface area contributed by atoms with E-state index in [-0.39, 0.29) is 5.75 Å². The molecule has 0 spiro atoms. The van der Waals surface area contributed by atoms with Crippen LogP contribution in [-0.4, -0.2) is 5.11 Å². The summed E-state index contributed by atoms with van der Waals surface area (Å²) in [4.78, 5) is 2.26. The van der Waals surface area contributed by atoms with Gasteiger partial charge in [0.2, 0.25) is 0 Å². The number of hydrogen-bond acceptors (Lipinski definition) is 3. The highest BCUT2D eigenvalue weighted by atomic mass is 35.5. The van der Waals surface area contributed by atoms with Crippen molar-refractivity contribution in [1.82, 2.24) is 0 Å². The Labute approximate surface area is 155 Å². The first-order valence-electron chi connectivity index (χ1n) is 7.35. The SMILES string of the molecule is Oc1ccc(NCc2ccccc2Sc2cccc(Cl)c2)cc1Cl. The van der Waals surface area contributed by atoms with Gasteiger partial charge < -0.3 is 10.4 Å². The molecule has 0 heterocycles. The summed E-state index contributed by atoms with van der Waals surface area (Å²) < 4.78 is 0. The Kier molecular flexibility index (Phi) is 5.56. The number of hydrogen-bond donors (Lipinski definition) is 2. The lowest BCUT2D eigenvalue weighted by atomic mass is 10.2. The highest BCUT2D eigenvalue weighted by molar-refractivity contribution is 7.99. The molecule has 3 rings (SSSR count). The molecule has 0 bridgehead atoms. The minimum absolute atomic E-state index is 0.0825. The van der Waals surface area contributed by atoms with Crippen molar-refractivity contribution in [3.05, 3.63) is 82.3 Å². The molecule has 3 aromatic carbocycles. The van der Waals surface area contributed by atoms with Crippen LogP contribution in [0.25, 0.3) is 0 Å². The zero-order valence-electron chi connectivity index (χ0n) is 12.7. The second kappa shape index (κ2) is 7.84. The molecule has 0 amide bonds. The summed E-state index contributed by atoms with van der Waals surface area (Å²) in [5.74, 6) is 0.0825. The standard InChI is InChI=1S/C19H15Cl2NOS/c20-14-5-3-6-16(10-14)24-19-7-2-1-4-13(19)12-22-15-8-9-18(23)17(21)11-15/h1-11,22-23H,12H2. The quantitative estimate of drug-likeness (QED) is 0.501. The molecule has 122 valence electrons. The minimum Gasteiger partial charge on any atom is -0.506 e. The van der Waals surface area contributed by atoms with Gasteiger partial charge in [0.1, 0.15) is 5.75 Å². The topological polar surface area (TPSA) is 32.3 Å². The third-order valence-electron chi connectivity index (χ3n) is 3.43. The van der Waals surface area contributed by atoms with Gasteiger partial charge in [0, 0.05) is 27.0 Å². The third kappa shape index (κ3) is 4.38. The lowest BCUT2D eigenvalue weighted by Gasteiger charge is -2.12. The van der Waals surface area contributed by atoms with E-state index in [1.165, 1.54) is 5.56 Å². The Hall–Kier alpha value is -1.81. The molecule has 0 aliphatic carbocycles. The summed E-state index contributed by atoms with van der Waals surface area (Å²) in [5.41, 5.74) is 2.03. The van der Waals surface area contributed by atoms with Crippen molar-refractivity contribution in [1.29, 1.82) is 0 Å². The number of anilines is 1. The number of nitrogens with one attached hydrogen (secondary N) is 1. The minimum atomic E-state index is 0.0825. The van der Waals surface area contributed by atoms with E-state index in [4.69, 9.17) is 23.2 Å². The second-order valence-electron chi connectivity index (χ2n) is 5.19. The van der Waals surface area contributed by atoms with E-state index in [9.17, 15) is 5.11 Å². The maximum absolute atomic E-state index is 9.49. The van der Waals surface area contributed by atoms with Gasteiger partial charge in [-0.15, -0.1) is 0 Å². The van der Waals surface area contributed by atoms with Gasteiger partial charge in [-0.3, -0.25) is 0 Å². The molecule has 3 aromatic rings. The smallest absolute Gasteiger partial charge is 0.134 e. The fraction of sp³-hybridized carbons (Fsp3) is 0.0526. The molecular weight excluding hydrogens is 361 g/mol. The largest absolute Gasteiger partial charge is 0.506 e. The Morgan fingerprint density at radius 1 is 0.917 bits per heavy atom. The number of phenolic OH excluding ortho intramolecular Hbond substituents is 1. The predicted molar refractivity (Wildman–Crippen MR) is 102 cm³/mol. The van der Waals surface area contributed by atoms with E-state index in [0.29, 0.717) is 11.6 Å². The molecule has 2 N–H and O–H groups in total. The molecule has 0 saturated heterocycles. The highest BCUT2D eigenvalue weighted by Crippen LogP contribution is 2.32. The molecule has 0 fully saturated rings. The molecular formula is C19H15Cl2NOS. The summed E-state index contributed by atoms with van der Waals surface area (Å²) >= 11 is 13.7. The maximum atomic E-state index is 9.49. The van der Waals surface area contributed by atoms with Gasteiger partial charge in [0.15, 0.2) is 0 Å². The fourth-order valence-electron chi connectivity index (χ4n) is 2.22. The van der Waals surface area contributed by atoms with Crippen LogP contribution in [0.4, 0.5) is 5.69 Å². The molecule has 0 aliphatic heterocycles. The van der Waals surface area contributed by atoms with Crippen LogP contribution in [-0.2, 0) is 6.54 Å². The van der Waals surface area contributed by atoms with Crippen molar-refractivity contribution in [3.63, 3.8) is 0 Å². The molecule has 0 atom stereocenters. The average Bonchev–Trinajstić information content (AvgIpc) is 2.57. The van der Waals surface area contributed by atoms with Crippen LogP contribution in [0.15, 0.2) is 76.5 Å². The van der Waals surface area contributed by atoms with E-state index < -0.39 is 0 Å². The first kappa shape index (κ1) is 17.0. The van der Waals surface area contributed by atoms with Gasteiger partial charge in [-0.05, 0) is 48.0 Å². The molecule has 24 heavy (non-hydrogen) atoms. The Balaban J connectivity index is 1.75. The summed E-state index contributed by atoms with van der Waals surface area (Å²) in [6, 6.07) is 21.1. The Morgan fingerprint density at radius 2 is 1.75 bits per heavy atom. The van der Waals surface area contributed by atoms with Crippen LogP contribution in [0.5, 0.6) is 5.75 Å². The van der Waals surface area contributed by atoms with Crippen LogP contribution in [0.2, 0.25) is 10.0 Å². The molecule has 5 heteroatoms. The Bertz CT molecular complexity index is 854. The van der Waals surface area contributed by atoms with Gasteiger partial charge in [-0.25, -0.2) is 0 Å². The lowest BCUT2D eigenvalue weighted by Crippen LogP contribution is -2.00. The normalized spacial score (nSPS) is 10.6. The molecule has 0 aliphatic rings. The van der Waals surface area contributed by atoms with Crippen LogP contribution in [0.1, 0.15) is 5.56 Å². The molecule has 2 nitrogen and oxygen atoms in total. The van der Waals surface area contributed by atoms with Gasteiger partial charge in [-0.2, -0.15) is 0 Å².